The largest absolute Gasteiger partial charge is 0.309 e. The van der Waals surface area contributed by atoms with Gasteiger partial charge in [0, 0.05) is 76.7 Å². The molecule has 0 fully saturated rings. The molecule has 552 valence electrons. The van der Waals surface area contributed by atoms with Crippen LogP contribution in [0.5, 0.6) is 0 Å². The van der Waals surface area contributed by atoms with Gasteiger partial charge in [0.05, 0.1) is 66.9 Å². The topological polar surface area (TPSA) is 71.3 Å². The van der Waals surface area contributed by atoms with Crippen molar-refractivity contribution < 1.29 is 0 Å². The lowest BCUT2D eigenvalue weighted by Crippen LogP contribution is -2.04. The number of hydrogen-bond acceptors (Lipinski definition) is 4. The van der Waals surface area contributed by atoms with Gasteiger partial charge in [-0.3, -0.25) is 9.13 Å². The minimum Gasteiger partial charge on any atom is -0.309 e. The molecule has 0 aliphatic heterocycles. The van der Waals surface area contributed by atoms with Gasteiger partial charge in [0.2, 0.25) is 11.9 Å². The molecule has 0 atom stereocenters. The molecule has 0 bridgehead atoms. The van der Waals surface area contributed by atoms with Crippen LogP contribution in [0, 0.1) is 0 Å². The van der Waals surface area contributed by atoms with E-state index in [1.54, 1.807) is 0 Å². The lowest BCUT2D eigenvalue weighted by molar-refractivity contribution is 0.995. The summed E-state index contributed by atoms with van der Waals surface area (Å²) < 4.78 is 9.23. The van der Waals surface area contributed by atoms with Crippen LogP contribution in [0.1, 0.15) is 0 Å². The molecular weight excluding hydrogens is 1430 g/mol. The van der Waals surface area contributed by atoms with Crippen LogP contribution < -0.4 is 0 Å². The van der Waals surface area contributed by atoms with Gasteiger partial charge in [-0.25, -0.2) is 19.9 Å². The summed E-state index contributed by atoms with van der Waals surface area (Å²) in [4.78, 5) is 21.0. The van der Waals surface area contributed by atoms with Gasteiger partial charge in [0.25, 0.3) is 0 Å². The van der Waals surface area contributed by atoms with E-state index in [0.717, 1.165) is 122 Å². The molecule has 0 unspecified atom stereocenters. The second-order valence-corrected chi connectivity index (χ2v) is 30.1. The molecular formula is C110H72N8. The number of nitrogens with zero attached hydrogens (tertiary/aromatic N) is 8. The van der Waals surface area contributed by atoms with Gasteiger partial charge in [-0.1, -0.05) is 309 Å². The number of aromatic nitrogens is 8. The molecule has 6 aromatic heterocycles. The molecule has 6 heterocycles. The van der Waals surface area contributed by atoms with E-state index in [1.807, 2.05) is 24.3 Å². The monoisotopic (exact) mass is 1500 g/mol. The normalized spacial score (nSPS) is 11.6. The van der Waals surface area contributed by atoms with Crippen molar-refractivity contribution in [2.24, 2.45) is 0 Å². The van der Waals surface area contributed by atoms with Crippen LogP contribution in [-0.2, 0) is 0 Å². The van der Waals surface area contributed by atoms with Crippen molar-refractivity contribution in [3.05, 3.63) is 437 Å². The van der Waals surface area contributed by atoms with Crippen molar-refractivity contribution in [2.75, 3.05) is 0 Å². The summed E-state index contributed by atoms with van der Waals surface area (Å²) in [6.45, 7) is 0. The molecule has 0 spiro atoms. The molecule has 0 aliphatic rings. The highest BCUT2D eigenvalue weighted by Gasteiger charge is 2.24. The lowest BCUT2D eigenvalue weighted by Gasteiger charge is -2.12. The third kappa shape index (κ3) is 12.4. The number of benzene rings is 17. The van der Waals surface area contributed by atoms with Crippen LogP contribution >= 0.6 is 0 Å². The highest BCUT2D eigenvalue weighted by Crippen LogP contribution is 2.44. The van der Waals surface area contributed by atoms with Gasteiger partial charge in [0.15, 0.2) is 0 Å². The van der Waals surface area contributed by atoms with E-state index in [4.69, 9.17) is 19.9 Å². The van der Waals surface area contributed by atoms with E-state index in [1.165, 1.54) is 77.0 Å². The maximum Gasteiger partial charge on any atom is 0.235 e. The fraction of sp³-hybridized carbons (Fsp3) is 0. The zero-order valence-electron chi connectivity index (χ0n) is 64.1. The number of hydrogen-bond donors (Lipinski definition) is 0. The molecule has 0 radical (unpaired) electrons. The molecule has 23 aromatic rings. The van der Waals surface area contributed by atoms with Crippen molar-refractivity contribution in [3.63, 3.8) is 0 Å². The second-order valence-electron chi connectivity index (χ2n) is 30.1. The smallest absolute Gasteiger partial charge is 0.235 e. The van der Waals surface area contributed by atoms with Crippen molar-refractivity contribution >= 4 is 87.2 Å². The second kappa shape index (κ2) is 29.3. The average molecular weight is 1510 g/mol. The Morgan fingerprint density at radius 3 is 0.568 bits per heavy atom. The maximum atomic E-state index is 5.30. The first-order chi connectivity index (χ1) is 58.5. The molecule has 0 saturated heterocycles. The summed E-state index contributed by atoms with van der Waals surface area (Å²) in [5, 5.41) is 9.50. The van der Waals surface area contributed by atoms with Crippen LogP contribution in [0.3, 0.4) is 0 Å². The average Bonchev–Trinajstić information content (AvgIpc) is 1.59. The molecule has 8 heteroatoms. The molecule has 0 aliphatic carbocycles. The fourth-order valence-corrected chi connectivity index (χ4v) is 17.4. The third-order valence-electron chi connectivity index (χ3n) is 23.1. The minimum atomic E-state index is 0.634. The number of para-hydroxylation sites is 3. The summed E-state index contributed by atoms with van der Waals surface area (Å²) >= 11 is 0. The van der Waals surface area contributed by atoms with E-state index >= 15 is 0 Å². The minimum absolute atomic E-state index is 0.634. The standard InChI is InChI=1S/C58H38N4.C52H34N4/c1-6-16-39(17-7-1)43-26-30-54-48(34-43)49-36-45(28-31-55(49)61(54)47-24-14-5-15-25-47)46-29-33-57-51(37-46)50-35-44(40-18-8-2-9-19-40)27-32-56(50)62(57)58-59-52(41-20-10-3-11-21-41)38-53(60-58)42-22-12-4-13-23-42;1-5-15-35(16-6-1)38-25-28-49-44(31-38)45-33-40(26-29-50(45)55(49)41-21-11-4-12-22-41)39-27-30-51-43(32-39)42-23-13-14-24-48(42)56(51)52-53-46(36-17-7-2-8-18-36)34-47(54-52)37-19-9-3-10-20-37/h1-38H;1-34H. The van der Waals surface area contributed by atoms with Gasteiger partial charge >= 0.3 is 0 Å². The van der Waals surface area contributed by atoms with E-state index < -0.39 is 0 Å². The first-order valence-corrected chi connectivity index (χ1v) is 40.1. The molecule has 0 saturated carbocycles. The summed E-state index contributed by atoms with van der Waals surface area (Å²) in [6.07, 6.45) is 0. The highest BCUT2D eigenvalue weighted by atomic mass is 15.2. The van der Waals surface area contributed by atoms with Gasteiger partial charge in [0.1, 0.15) is 0 Å². The van der Waals surface area contributed by atoms with Crippen LogP contribution in [0.15, 0.2) is 437 Å². The zero-order chi connectivity index (χ0) is 78.0. The summed E-state index contributed by atoms with van der Waals surface area (Å²) in [6, 6.07) is 156. The Morgan fingerprint density at radius 2 is 0.314 bits per heavy atom. The predicted molar refractivity (Wildman–Crippen MR) is 490 cm³/mol. The van der Waals surface area contributed by atoms with E-state index in [-0.39, 0.29) is 0 Å². The lowest BCUT2D eigenvalue weighted by atomic mass is 9.98. The Hall–Kier alpha value is -15.9. The summed E-state index contributed by atoms with van der Waals surface area (Å²) in [5.41, 5.74) is 30.8. The molecule has 0 N–H and O–H groups in total. The van der Waals surface area contributed by atoms with E-state index in [0.29, 0.717) is 11.9 Å². The van der Waals surface area contributed by atoms with Crippen molar-refractivity contribution in [1.82, 2.24) is 38.2 Å². The fourth-order valence-electron chi connectivity index (χ4n) is 17.4. The van der Waals surface area contributed by atoms with Crippen LogP contribution in [0.4, 0.5) is 0 Å². The molecule has 118 heavy (non-hydrogen) atoms. The van der Waals surface area contributed by atoms with Crippen molar-refractivity contribution in [1.29, 1.82) is 0 Å². The maximum absolute atomic E-state index is 5.30. The highest BCUT2D eigenvalue weighted by molar-refractivity contribution is 6.16. The zero-order valence-corrected chi connectivity index (χ0v) is 64.1. The summed E-state index contributed by atoms with van der Waals surface area (Å²) in [7, 11) is 0. The Labute approximate surface area is 681 Å². The Kier molecular flexibility index (Phi) is 17.1. The van der Waals surface area contributed by atoms with E-state index in [9.17, 15) is 0 Å². The van der Waals surface area contributed by atoms with Crippen LogP contribution in [0.2, 0.25) is 0 Å². The molecule has 17 aromatic carbocycles. The van der Waals surface area contributed by atoms with Crippen LogP contribution in [-0.4, -0.2) is 38.2 Å². The predicted octanol–water partition coefficient (Wildman–Crippen LogP) is 28.3. The first kappa shape index (κ1) is 68.9. The first-order valence-electron chi connectivity index (χ1n) is 40.1. The van der Waals surface area contributed by atoms with Crippen LogP contribution in [0.25, 0.3) is 211 Å². The molecule has 0 amide bonds. The Morgan fingerprint density at radius 1 is 0.127 bits per heavy atom. The molecule has 8 nitrogen and oxygen atoms in total. The van der Waals surface area contributed by atoms with Gasteiger partial charge < -0.3 is 9.13 Å². The van der Waals surface area contributed by atoms with E-state index in [2.05, 4.69) is 431 Å². The van der Waals surface area contributed by atoms with Gasteiger partial charge in [-0.15, -0.1) is 0 Å². The third-order valence-corrected chi connectivity index (χ3v) is 23.1. The van der Waals surface area contributed by atoms with Gasteiger partial charge in [-0.2, -0.15) is 0 Å². The van der Waals surface area contributed by atoms with Crippen molar-refractivity contribution in [2.45, 2.75) is 0 Å². The van der Waals surface area contributed by atoms with Crippen molar-refractivity contribution in [3.8, 4) is 124 Å². The SMILES string of the molecule is c1ccc(-c2ccc3c(c2)c2cc(-c4ccc5c(c4)c4cc(-c6ccccc6)ccc4n5-c4nc(-c5ccccc5)cc(-c5ccccc5)n4)ccc2n3-c2ccccc2)cc1.c1ccc(-c2ccc3c(c2)c2cc(-c4ccc5c(c4)c4ccccc4n5-c4nc(-c5ccccc5)cc(-c5ccccc5)n4)ccc2n3-c2ccccc2)cc1. The van der Waals surface area contributed by atoms with Gasteiger partial charge in [-0.05, 0) is 183 Å². The quantitative estimate of drug-likeness (QED) is 0.115. The Balaban J connectivity index is 0.000000143. The Bertz CT molecular complexity index is 7620. The summed E-state index contributed by atoms with van der Waals surface area (Å²) in [5.74, 6) is 1.28. The number of fused-ring (bicyclic) bond motifs is 12. The number of rotatable bonds is 13. The molecule has 23 rings (SSSR count).